The fourth-order valence-corrected chi connectivity index (χ4v) is 2.18. The summed E-state index contributed by atoms with van der Waals surface area (Å²) in [5.41, 5.74) is 1.26. The van der Waals surface area contributed by atoms with Crippen molar-refractivity contribution in [3.63, 3.8) is 0 Å². The van der Waals surface area contributed by atoms with E-state index in [9.17, 15) is 4.79 Å². The third-order valence-electron chi connectivity index (χ3n) is 3.19. The van der Waals surface area contributed by atoms with Crippen molar-refractivity contribution in [3.05, 3.63) is 29.3 Å². The highest BCUT2D eigenvalue weighted by molar-refractivity contribution is 5.90. The van der Waals surface area contributed by atoms with E-state index in [-0.39, 0.29) is 5.56 Å². The van der Waals surface area contributed by atoms with Gasteiger partial charge in [-0.05, 0) is 45.4 Å². The molecular weight excluding hydrogens is 242 g/mol. The summed E-state index contributed by atoms with van der Waals surface area (Å²) in [6, 6.07) is 6.13. The largest absolute Gasteiger partial charge is 0.496 e. The van der Waals surface area contributed by atoms with Gasteiger partial charge in [-0.15, -0.1) is 0 Å². The van der Waals surface area contributed by atoms with Gasteiger partial charge in [0.1, 0.15) is 11.3 Å². The third kappa shape index (κ3) is 3.96. The van der Waals surface area contributed by atoms with E-state index in [0.29, 0.717) is 17.8 Å². The van der Waals surface area contributed by atoms with Gasteiger partial charge in [0, 0.05) is 18.6 Å². The molecule has 0 aliphatic rings. The third-order valence-corrected chi connectivity index (χ3v) is 3.19. The summed E-state index contributed by atoms with van der Waals surface area (Å²) < 4.78 is 5.15. The molecule has 0 aromatic heterocycles. The van der Waals surface area contributed by atoms with Crippen molar-refractivity contribution in [2.75, 3.05) is 7.11 Å². The van der Waals surface area contributed by atoms with Crippen LogP contribution in [0.25, 0.3) is 0 Å². The van der Waals surface area contributed by atoms with Crippen molar-refractivity contribution < 1.29 is 14.6 Å². The molecule has 0 spiro atoms. The second-order valence-electron chi connectivity index (χ2n) is 5.20. The molecule has 1 aromatic rings. The van der Waals surface area contributed by atoms with Crippen LogP contribution < -0.4 is 4.74 Å². The second-order valence-corrected chi connectivity index (χ2v) is 5.20. The standard InChI is InChI=1S/C15H23NO3/c1-10(2)16(11(3)4)9-12-6-7-13(15(17)18)14(8-12)19-5/h6-8,10-11H,9H2,1-5H3,(H,17,18). The zero-order valence-corrected chi connectivity index (χ0v) is 12.3. The molecule has 1 N–H and O–H groups in total. The number of aromatic carboxylic acids is 1. The molecule has 1 rings (SSSR count). The molecule has 4 nitrogen and oxygen atoms in total. The number of carboxylic acid groups (broad SMARTS) is 1. The van der Waals surface area contributed by atoms with Gasteiger partial charge in [0.25, 0.3) is 0 Å². The van der Waals surface area contributed by atoms with E-state index in [4.69, 9.17) is 9.84 Å². The van der Waals surface area contributed by atoms with Crippen LogP contribution >= 0.6 is 0 Å². The van der Waals surface area contributed by atoms with Crippen LogP contribution in [0.2, 0.25) is 0 Å². The molecule has 0 aliphatic carbocycles. The summed E-state index contributed by atoms with van der Waals surface area (Å²) in [5.74, 6) is -0.551. The van der Waals surface area contributed by atoms with Gasteiger partial charge in [-0.2, -0.15) is 0 Å². The first kappa shape index (κ1) is 15.5. The van der Waals surface area contributed by atoms with E-state index < -0.39 is 5.97 Å². The Morgan fingerprint density at radius 3 is 2.26 bits per heavy atom. The van der Waals surface area contributed by atoms with Crippen LogP contribution in [-0.4, -0.2) is 35.2 Å². The lowest BCUT2D eigenvalue weighted by atomic mass is 10.1. The van der Waals surface area contributed by atoms with Crippen molar-refractivity contribution in [1.29, 1.82) is 0 Å². The molecule has 1 aromatic carbocycles. The Labute approximate surface area is 115 Å². The molecule has 0 radical (unpaired) electrons. The van der Waals surface area contributed by atoms with E-state index >= 15 is 0 Å². The van der Waals surface area contributed by atoms with Crippen LogP contribution in [0.3, 0.4) is 0 Å². The van der Waals surface area contributed by atoms with E-state index in [0.717, 1.165) is 12.1 Å². The fourth-order valence-electron chi connectivity index (χ4n) is 2.18. The monoisotopic (exact) mass is 265 g/mol. The Morgan fingerprint density at radius 1 is 1.26 bits per heavy atom. The maximum atomic E-state index is 11.0. The molecule has 0 saturated heterocycles. The number of hydrogen-bond donors (Lipinski definition) is 1. The van der Waals surface area contributed by atoms with Gasteiger partial charge in [-0.1, -0.05) is 6.07 Å². The minimum absolute atomic E-state index is 0.201. The van der Waals surface area contributed by atoms with Crippen molar-refractivity contribution >= 4 is 5.97 Å². The normalized spacial score (nSPS) is 11.4. The summed E-state index contributed by atoms with van der Waals surface area (Å²) in [6.07, 6.45) is 0. The number of carboxylic acids is 1. The average Bonchev–Trinajstić information content (AvgIpc) is 2.34. The van der Waals surface area contributed by atoms with Crippen LogP contribution in [0.5, 0.6) is 5.75 Å². The Morgan fingerprint density at radius 2 is 1.84 bits per heavy atom. The number of rotatable bonds is 6. The van der Waals surface area contributed by atoms with Crippen molar-refractivity contribution in [3.8, 4) is 5.75 Å². The zero-order chi connectivity index (χ0) is 14.6. The minimum atomic E-state index is -0.965. The van der Waals surface area contributed by atoms with Crippen LogP contribution in [0.1, 0.15) is 43.6 Å². The topological polar surface area (TPSA) is 49.8 Å². The molecule has 0 aliphatic heterocycles. The van der Waals surface area contributed by atoms with E-state index in [1.165, 1.54) is 7.11 Å². The van der Waals surface area contributed by atoms with Crippen LogP contribution in [0.15, 0.2) is 18.2 Å². The maximum absolute atomic E-state index is 11.0. The summed E-state index contributed by atoms with van der Waals surface area (Å²) >= 11 is 0. The van der Waals surface area contributed by atoms with E-state index in [1.54, 1.807) is 12.1 Å². The zero-order valence-electron chi connectivity index (χ0n) is 12.3. The Hall–Kier alpha value is -1.55. The lowest BCUT2D eigenvalue weighted by molar-refractivity contribution is 0.0693. The van der Waals surface area contributed by atoms with Crippen LogP contribution in [-0.2, 0) is 6.54 Å². The number of hydrogen-bond acceptors (Lipinski definition) is 3. The van der Waals surface area contributed by atoms with E-state index in [1.807, 2.05) is 6.07 Å². The van der Waals surface area contributed by atoms with Gasteiger partial charge in [0.05, 0.1) is 7.11 Å². The highest BCUT2D eigenvalue weighted by Crippen LogP contribution is 2.22. The van der Waals surface area contributed by atoms with Gasteiger partial charge < -0.3 is 9.84 Å². The SMILES string of the molecule is COc1cc(CN(C(C)C)C(C)C)ccc1C(=O)O. The van der Waals surface area contributed by atoms with Gasteiger partial charge in [-0.3, -0.25) is 4.90 Å². The first-order valence-corrected chi connectivity index (χ1v) is 6.52. The molecule has 0 amide bonds. The fraction of sp³-hybridized carbons (Fsp3) is 0.533. The molecule has 19 heavy (non-hydrogen) atoms. The quantitative estimate of drug-likeness (QED) is 0.859. The van der Waals surface area contributed by atoms with Gasteiger partial charge in [-0.25, -0.2) is 4.79 Å². The molecule has 0 saturated carbocycles. The molecule has 0 atom stereocenters. The predicted molar refractivity (Wildman–Crippen MR) is 75.8 cm³/mol. The minimum Gasteiger partial charge on any atom is -0.496 e. The van der Waals surface area contributed by atoms with Crippen molar-refractivity contribution in [1.82, 2.24) is 4.90 Å². The molecule has 0 unspecified atom stereocenters. The van der Waals surface area contributed by atoms with Gasteiger partial charge in [0.15, 0.2) is 0 Å². The summed E-state index contributed by atoms with van der Waals surface area (Å²) in [4.78, 5) is 13.4. The second kappa shape index (κ2) is 6.57. The summed E-state index contributed by atoms with van der Waals surface area (Å²) in [5, 5.41) is 9.06. The highest BCUT2D eigenvalue weighted by Gasteiger charge is 2.16. The maximum Gasteiger partial charge on any atom is 0.339 e. The average molecular weight is 265 g/mol. The van der Waals surface area contributed by atoms with Gasteiger partial charge in [0.2, 0.25) is 0 Å². The van der Waals surface area contributed by atoms with Crippen molar-refractivity contribution in [2.24, 2.45) is 0 Å². The predicted octanol–water partition coefficient (Wildman–Crippen LogP) is 3.01. The smallest absolute Gasteiger partial charge is 0.339 e. The van der Waals surface area contributed by atoms with Crippen molar-refractivity contribution in [2.45, 2.75) is 46.3 Å². The Kier molecular flexibility index (Phi) is 5.36. The molecule has 106 valence electrons. The van der Waals surface area contributed by atoms with Crippen LogP contribution in [0.4, 0.5) is 0 Å². The lowest BCUT2D eigenvalue weighted by Gasteiger charge is -2.30. The summed E-state index contributed by atoms with van der Waals surface area (Å²) in [7, 11) is 1.49. The first-order valence-electron chi connectivity index (χ1n) is 6.52. The van der Waals surface area contributed by atoms with Crippen LogP contribution in [0, 0.1) is 0 Å². The number of carbonyl (C=O) groups is 1. The number of ether oxygens (including phenoxy) is 1. The number of benzene rings is 1. The number of methoxy groups -OCH3 is 1. The van der Waals surface area contributed by atoms with E-state index in [2.05, 4.69) is 32.6 Å². The molecule has 0 bridgehead atoms. The van der Waals surface area contributed by atoms with Gasteiger partial charge >= 0.3 is 5.97 Å². The molecule has 0 fully saturated rings. The lowest BCUT2D eigenvalue weighted by Crippen LogP contribution is -2.36. The Balaban J connectivity index is 2.99. The molecule has 4 heteroatoms. The molecular formula is C15H23NO3. The first-order chi connectivity index (χ1) is 8.86. The highest BCUT2D eigenvalue weighted by atomic mass is 16.5. The Bertz CT molecular complexity index is 433. The summed E-state index contributed by atoms with van der Waals surface area (Å²) in [6.45, 7) is 9.41. The number of nitrogens with zero attached hydrogens (tertiary/aromatic N) is 1. The molecule has 0 heterocycles.